The highest BCUT2D eigenvalue weighted by molar-refractivity contribution is 5.98. The van der Waals surface area contributed by atoms with Crippen LogP contribution in [-0.4, -0.2) is 65.8 Å². The third-order valence-corrected chi connectivity index (χ3v) is 4.41. The van der Waals surface area contributed by atoms with E-state index >= 15 is 0 Å². The largest absolute Gasteiger partial charge is 0.387 e. The second-order valence-electron chi connectivity index (χ2n) is 6.26. The van der Waals surface area contributed by atoms with Crippen molar-refractivity contribution < 1.29 is 28.7 Å². The molecular formula is C18H22FN3O5. The second-order valence-corrected chi connectivity index (χ2v) is 6.26. The van der Waals surface area contributed by atoms with Crippen LogP contribution < -0.4 is 10.6 Å². The topological polar surface area (TPSA) is 116 Å². The Labute approximate surface area is 155 Å². The fraction of sp³-hybridized carbons (Fsp3) is 0.444. The predicted octanol–water partition coefficient (Wildman–Crippen LogP) is -0.387. The van der Waals surface area contributed by atoms with Gasteiger partial charge in [0.2, 0.25) is 17.7 Å². The van der Waals surface area contributed by atoms with Crippen molar-refractivity contribution in [2.24, 2.45) is 0 Å². The molecule has 2 atom stereocenters. The molecule has 9 heteroatoms. The van der Waals surface area contributed by atoms with Crippen LogP contribution >= 0.6 is 0 Å². The van der Waals surface area contributed by atoms with E-state index in [9.17, 15) is 23.6 Å². The van der Waals surface area contributed by atoms with Gasteiger partial charge in [-0.2, -0.15) is 0 Å². The quantitative estimate of drug-likeness (QED) is 0.558. The van der Waals surface area contributed by atoms with Gasteiger partial charge in [0.25, 0.3) is 0 Å². The van der Waals surface area contributed by atoms with Crippen LogP contribution in [0.2, 0.25) is 0 Å². The first kappa shape index (κ1) is 20.5. The van der Waals surface area contributed by atoms with Gasteiger partial charge in [0.05, 0.1) is 0 Å². The molecule has 1 aliphatic rings. The van der Waals surface area contributed by atoms with Crippen molar-refractivity contribution in [3.63, 3.8) is 0 Å². The van der Waals surface area contributed by atoms with Crippen LogP contribution in [0.25, 0.3) is 0 Å². The van der Waals surface area contributed by atoms with E-state index in [1.165, 1.54) is 36.2 Å². The Morgan fingerprint density at radius 1 is 1.19 bits per heavy atom. The van der Waals surface area contributed by atoms with Gasteiger partial charge in [-0.25, -0.2) is 4.39 Å². The minimum atomic E-state index is -0.757. The molecule has 1 fully saturated rings. The highest BCUT2D eigenvalue weighted by Gasteiger charge is 2.39. The van der Waals surface area contributed by atoms with E-state index in [1.54, 1.807) is 0 Å². The summed E-state index contributed by atoms with van der Waals surface area (Å²) in [5.41, 5.74) is 0.307. The summed E-state index contributed by atoms with van der Waals surface area (Å²) in [6.07, 6.45) is 0.0442. The van der Waals surface area contributed by atoms with Crippen LogP contribution in [0.1, 0.15) is 29.6 Å². The third-order valence-electron chi connectivity index (χ3n) is 4.41. The van der Waals surface area contributed by atoms with Gasteiger partial charge in [-0.1, -0.05) is 0 Å². The number of hydrogen-bond donors (Lipinski definition) is 3. The van der Waals surface area contributed by atoms with E-state index in [0.29, 0.717) is 5.56 Å². The summed E-state index contributed by atoms with van der Waals surface area (Å²) < 4.78 is 12.9. The monoisotopic (exact) mass is 379 g/mol. The molecule has 1 heterocycles. The van der Waals surface area contributed by atoms with Crippen LogP contribution in [0.3, 0.4) is 0 Å². The van der Waals surface area contributed by atoms with E-state index in [2.05, 4.69) is 10.6 Å². The molecule has 0 spiro atoms. The lowest BCUT2D eigenvalue weighted by molar-refractivity contribution is -0.138. The predicted molar refractivity (Wildman–Crippen MR) is 93.2 cm³/mol. The number of aliphatic hydroxyl groups is 1. The molecule has 0 bridgehead atoms. The van der Waals surface area contributed by atoms with Crippen molar-refractivity contribution in [3.05, 3.63) is 35.6 Å². The summed E-state index contributed by atoms with van der Waals surface area (Å²) in [4.78, 5) is 49.4. The normalized spacial score (nSPS) is 18.9. The van der Waals surface area contributed by atoms with Crippen molar-refractivity contribution in [2.45, 2.75) is 31.3 Å². The van der Waals surface area contributed by atoms with Gasteiger partial charge in [0.15, 0.2) is 5.78 Å². The fourth-order valence-electron chi connectivity index (χ4n) is 3.05. The molecule has 27 heavy (non-hydrogen) atoms. The Morgan fingerprint density at radius 3 is 2.44 bits per heavy atom. The number of nitrogens with one attached hydrogen (secondary N) is 2. The minimum absolute atomic E-state index is 0.0743. The molecule has 2 rings (SSSR count). The maximum atomic E-state index is 12.9. The van der Waals surface area contributed by atoms with Crippen LogP contribution in [0, 0.1) is 5.82 Å². The number of ketones is 1. The Kier molecular flexibility index (Phi) is 7.00. The lowest BCUT2D eigenvalue weighted by Gasteiger charge is -2.23. The Hall–Kier alpha value is -2.81. The third kappa shape index (κ3) is 5.33. The number of carbonyl (C=O) groups excluding carboxylic acids is 4. The maximum Gasteiger partial charge on any atom is 0.245 e. The average molecular weight is 379 g/mol. The molecule has 8 nitrogen and oxygen atoms in total. The molecule has 3 amide bonds. The number of likely N-dealkylation sites (tertiary alicyclic amines) is 1. The number of carbonyl (C=O) groups is 4. The van der Waals surface area contributed by atoms with Gasteiger partial charge in [-0.3, -0.25) is 19.2 Å². The molecule has 0 radical (unpaired) electrons. The van der Waals surface area contributed by atoms with Crippen molar-refractivity contribution >= 4 is 23.5 Å². The molecule has 0 aliphatic carbocycles. The molecule has 1 aliphatic heterocycles. The number of rotatable bonds is 7. The fourth-order valence-corrected chi connectivity index (χ4v) is 3.05. The standard InChI is InChI=1S/C18H22FN3O5/c1-20-18(27)14-8-13(21-16(25)10-23)9-22(14)17(26)7-6-15(24)11-2-4-12(19)5-3-11/h2-5,13-14,23H,6-10H2,1H3,(H,20,27)(H,21,25)/t13-,14+/m1/s1. The Balaban J connectivity index is 1.99. The minimum Gasteiger partial charge on any atom is -0.387 e. The first-order chi connectivity index (χ1) is 12.8. The van der Waals surface area contributed by atoms with Gasteiger partial charge in [-0.05, 0) is 30.7 Å². The lowest BCUT2D eigenvalue weighted by atomic mass is 10.1. The van der Waals surface area contributed by atoms with E-state index in [-0.39, 0.29) is 43.4 Å². The molecule has 1 aromatic rings. The van der Waals surface area contributed by atoms with Gasteiger partial charge in [-0.15, -0.1) is 0 Å². The molecule has 3 N–H and O–H groups in total. The highest BCUT2D eigenvalue weighted by Crippen LogP contribution is 2.20. The number of likely N-dealkylation sites (N-methyl/N-ethyl adjacent to an activating group) is 1. The summed E-state index contributed by atoms with van der Waals surface area (Å²) >= 11 is 0. The number of Topliss-reactive ketones (excluding diaryl/α,β-unsaturated/α-hetero) is 1. The Morgan fingerprint density at radius 2 is 1.85 bits per heavy atom. The smallest absolute Gasteiger partial charge is 0.245 e. The van der Waals surface area contributed by atoms with Crippen LogP contribution in [0.15, 0.2) is 24.3 Å². The number of halogens is 1. The summed E-state index contributed by atoms with van der Waals surface area (Å²) in [7, 11) is 1.45. The summed E-state index contributed by atoms with van der Waals surface area (Å²) in [6.45, 7) is -0.561. The van der Waals surface area contributed by atoms with E-state index < -0.39 is 30.4 Å². The van der Waals surface area contributed by atoms with Crippen molar-refractivity contribution in [1.29, 1.82) is 0 Å². The second kappa shape index (κ2) is 9.22. The molecule has 0 saturated carbocycles. The van der Waals surface area contributed by atoms with Crippen molar-refractivity contribution in [3.8, 4) is 0 Å². The van der Waals surface area contributed by atoms with E-state index in [4.69, 9.17) is 5.11 Å². The lowest BCUT2D eigenvalue weighted by Crippen LogP contribution is -2.45. The number of nitrogens with zero attached hydrogens (tertiary/aromatic N) is 1. The van der Waals surface area contributed by atoms with Crippen molar-refractivity contribution in [2.75, 3.05) is 20.2 Å². The molecule has 1 aromatic carbocycles. The summed E-state index contributed by atoms with van der Waals surface area (Å²) in [5, 5.41) is 13.9. The number of hydrogen-bond acceptors (Lipinski definition) is 5. The van der Waals surface area contributed by atoms with Gasteiger partial charge in [0, 0.05) is 38.0 Å². The highest BCUT2D eigenvalue weighted by atomic mass is 19.1. The SMILES string of the molecule is CNC(=O)[C@@H]1C[C@@H](NC(=O)CO)CN1C(=O)CCC(=O)c1ccc(F)cc1. The number of aliphatic hydroxyl groups excluding tert-OH is 1. The zero-order valence-corrected chi connectivity index (χ0v) is 14.9. The molecule has 1 saturated heterocycles. The van der Waals surface area contributed by atoms with E-state index in [0.717, 1.165) is 0 Å². The summed E-state index contributed by atoms with van der Waals surface area (Å²) in [5.74, 6) is -2.10. The first-order valence-corrected chi connectivity index (χ1v) is 8.55. The first-order valence-electron chi connectivity index (χ1n) is 8.55. The van der Waals surface area contributed by atoms with Gasteiger partial charge in [0.1, 0.15) is 18.5 Å². The number of amides is 3. The zero-order valence-electron chi connectivity index (χ0n) is 14.9. The van der Waals surface area contributed by atoms with E-state index in [1.807, 2.05) is 0 Å². The van der Waals surface area contributed by atoms with Crippen molar-refractivity contribution in [1.82, 2.24) is 15.5 Å². The zero-order chi connectivity index (χ0) is 20.0. The Bertz CT molecular complexity index is 722. The molecule has 0 aromatic heterocycles. The van der Waals surface area contributed by atoms with Crippen LogP contribution in [0.4, 0.5) is 4.39 Å². The molecule has 0 unspecified atom stereocenters. The average Bonchev–Trinajstić information content (AvgIpc) is 3.09. The van der Waals surface area contributed by atoms with Crippen LogP contribution in [-0.2, 0) is 14.4 Å². The molecule has 146 valence electrons. The summed E-state index contributed by atoms with van der Waals surface area (Å²) in [6, 6.07) is 3.84. The molecular weight excluding hydrogens is 357 g/mol. The van der Waals surface area contributed by atoms with Crippen LogP contribution in [0.5, 0.6) is 0 Å². The number of benzene rings is 1. The van der Waals surface area contributed by atoms with Gasteiger partial charge < -0.3 is 20.6 Å². The maximum absolute atomic E-state index is 12.9. The van der Waals surface area contributed by atoms with Gasteiger partial charge >= 0.3 is 0 Å².